The molecule has 0 bridgehead atoms. The van der Waals surface area contributed by atoms with Crippen LogP contribution in [0.25, 0.3) is 0 Å². The van der Waals surface area contributed by atoms with Crippen LogP contribution in [0.3, 0.4) is 0 Å². The Morgan fingerprint density at radius 2 is 1.58 bits per heavy atom. The molecule has 0 aliphatic carbocycles. The van der Waals surface area contributed by atoms with Gasteiger partial charge in [-0.2, -0.15) is 0 Å². The number of hydrogen-bond donors (Lipinski definition) is 1. The van der Waals surface area contributed by atoms with Gasteiger partial charge >= 0.3 is 0 Å². The summed E-state index contributed by atoms with van der Waals surface area (Å²) in [7, 11) is 0. The maximum atomic E-state index is 5.44. The molecule has 1 aromatic heterocycles. The second-order valence-corrected chi connectivity index (χ2v) is 7.01. The van der Waals surface area contributed by atoms with Gasteiger partial charge in [-0.3, -0.25) is 4.90 Å². The first-order chi connectivity index (χ1) is 11.6. The molecule has 3 rings (SSSR count). The third-order valence-electron chi connectivity index (χ3n) is 4.74. The highest BCUT2D eigenvalue weighted by Crippen LogP contribution is 2.15. The summed E-state index contributed by atoms with van der Waals surface area (Å²) in [6, 6.07) is 0. The fraction of sp³-hybridized carbons (Fsp3) is 0.765. The molecule has 0 radical (unpaired) electrons. The van der Waals surface area contributed by atoms with Crippen molar-refractivity contribution in [3.63, 3.8) is 0 Å². The number of nitrogens with one attached hydrogen (secondary N) is 1. The van der Waals surface area contributed by atoms with Crippen LogP contribution in [0.2, 0.25) is 0 Å². The summed E-state index contributed by atoms with van der Waals surface area (Å²) in [4.78, 5) is 13.7. The van der Waals surface area contributed by atoms with Crippen molar-refractivity contribution in [2.75, 3.05) is 64.1 Å². The van der Waals surface area contributed by atoms with Gasteiger partial charge in [-0.25, -0.2) is 9.97 Å². The van der Waals surface area contributed by atoms with E-state index in [0.29, 0.717) is 0 Å². The summed E-state index contributed by atoms with van der Waals surface area (Å²) < 4.78 is 10.8. The maximum Gasteiger partial charge on any atom is 0.225 e. The summed E-state index contributed by atoms with van der Waals surface area (Å²) >= 11 is 0. The van der Waals surface area contributed by atoms with Gasteiger partial charge < -0.3 is 19.7 Å². The van der Waals surface area contributed by atoms with Gasteiger partial charge in [0, 0.05) is 62.8 Å². The highest BCUT2D eigenvalue weighted by Gasteiger charge is 2.27. The molecule has 0 unspecified atom stereocenters. The lowest BCUT2D eigenvalue weighted by atomic mass is 10.0. The second kappa shape index (κ2) is 8.20. The molecule has 7 heteroatoms. The summed E-state index contributed by atoms with van der Waals surface area (Å²) in [6.07, 6.45) is 3.85. The molecule has 3 heterocycles. The number of hydrogen-bond acceptors (Lipinski definition) is 7. The molecule has 1 N–H and O–H groups in total. The molecular formula is C17H29N5O2. The first kappa shape index (κ1) is 17.5. The zero-order valence-electron chi connectivity index (χ0n) is 14.8. The van der Waals surface area contributed by atoms with E-state index in [0.717, 1.165) is 77.2 Å². The van der Waals surface area contributed by atoms with Crippen molar-refractivity contribution in [2.45, 2.75) is 25.9 Å². The number of anilines is 1. The number of ether oxygens (including phenoxy) is 2. The molecule has 2 fully saturated rings. The molecule has 24 heavy (non-hydrogen) atoms. The summed E-state index contributed by atoms with van der Waals surface area (Å²) in [5.41, 5.74) is 1.24. The number of morpholine rings is 2. The Kier molecular flexibility index (Phi) is 5.99. The summed E-state index contributed by atoms with van der Waals surface area (Å²) in [6.45, 7) is 13.2. The Morgan fingerprint density at radius 3 is 2.21 bits per heavy atom. The molecule has 0 amide bonds. The van der Waals surface area contributed by atoms with E-state index < -0.39 is 0 Å². The Bertz CT molecular complexity index is 496. The zero-order chi connectivity index (χ0) is 16.8. The van der Waals surface area contributed by atoms with E-state index >= 15 is 0 Å². The SMILES string of the molecule is CC(C)(CNCc1cnc(N2CCOCC2)nc1)N1CCOCC1. The standard InChI is InChI=1S/C17H29N5O2/c1-17(2,22-5-9-24-10-6-22)14-18-11-15-12-19-16(20-13-15)21-3-7-23-8-4-21/h12-13,18H,3-11,14H2,1-2H3. The third kappa shape index (κ3) is 4.63. The second-order valence-electron chi connectivity index (χ2n) is 7.01. The van der Waals surface area contributed by atoms with Gasteiger partial charge in [-0.15, -0.1) is 0 Å². The van der Waals surface area contributed by atoms with Gasteiger partial charge in [0.1, 0.15) is 0 Å². The maximum absolute atomic E-state index is 5.44. The quantitative estimate of drug-likeness (QED) is 0.813. The van der Waals surface area contributed by atoms with Crippen LogP contribution in [0, 0.1) is 0 Å². The van der Waals surface area contributed by atoms with Gasteiger partial charge in [-0.05, 0) is 13.8 Å². The fourth-order valence-electron chi connectivity index (χ4n) is 3.16. The van der Waals surface area contributed by atoms with Gasteiger partial charge in [0.2, 0.25) is 5.95 Å². The minimum Gasteiger partial charge on any atom is -0.379 e. The fourth-order valence-corrected chi connectivity index (χ4v) is 3.16. The van der Waals surface area contributed by atoms with Crippen LogP contribution in [-0.2, 0) is 16.0 Å². The first-order valence-corrected chi connectivity index (χ1v) is 8.82. The van der Waals surface area contributed by atoms with Crippen molar-refractivity contribution < 1.29 is 9.47 Å². The minimum absolute atomic E-state index is 0.123. The minimum atomic E-state index is 0.123. The molecule has 0 spiro atoms. The Morgan fingerprint density at radius 1 is 1.00 bits per heavy atom. The molecule has 0 saturated carbocycles. The van der Waals surface area contributed by atoms with Crippen LogP contribution in [0.4, 0.5) is 5.95 Å². The Balaban J connectivity index is 1.46. The summed E-state index contributed by atoms with van der Waals surface area (Å²) in [5.74, 6) is 0.802. The van der Waals surface area contributed by atoms with Crippen molar-refractivity contribution >= 4 is 5.95 Å². The van der Waals surface area contributed by atoms with E-state index in [1.807, 2.05) is 12.4 Å². The summed E-state index contributed by atoms with van der Waals surface area (Å²) in [5, 5.41) is 3.54. The molecule has 0 aromatic carbocycles. The topological polar surface area (TPSA) is 62.8 Å². The monoisotopic (exact) mass is 335 g/mol. The van der Waals surface area contributed by atoms with Crippen LogP contribution in [0.15, 0.2) is 12.4 Å². The molecule has 0 atom stereocenters. The van der Waals surface area contributed by atoms with E-state index in [2.05, 4.69) is 38.9 Å². The highest BCUT2D eigenvalue weighted by atomic mass is 16.5. The van der Waals surface area contributed by atoms with Crippen LogP contribution < -0.4 is 10.2 Å². The number of aromatic nitrogens is 2. The predicted molar refractivity (Wildman–Crippen MR) is 93.2 cm³/mol. The van der Waals surface area contributed by atoms with Crippen molar-refractivity contribution in [1.29, 1.82) is 0 Å². The van der Waals surface area contributed by atoms with Crippen molar-refractivity contribution in [3.05, 3.63) is 18.0 Å². The van der Waals surface area contributed by atoms with E-state index in [4.69, 9.17) is 9.47 Å². The van der Waals surface area contributed by atoms with Crippen molar-refractivity contribution in [3.8, 4) is 0 Å². The molecule has 7 nitrogen and oxygen atoms in total. The Labute approximate surface area is 144 Å². The number of rotatable bonds is 6. The predicted octanol–water partition coefficient (Wildman–Crippen LogP) is 0.514. The lowest BCUT2D eigenvalue weighted by Crippen LogP contribution is -2.54. The van der Waals surface area contributed by atoms with E-state index in [1.54, 1.807) is 0 Å². The van der Waals surface area contributed by atoms with Gasteiger partial charge in [0.25, 0.3) is 0 Å². The largest absolute Gasteiger partial charge is 0.379 e. The van der Waals surface area contributed by atoms with Crippen LogP contribution >= 0.6 is 0 Å². The normalized spacial score (nSPS) is 20.3. The number of nitrogens with zero attached hydrogens (tertiary/aromatic N) is 4. The molecule has 134 valence electrons. The molecular weight excluding hydrogens is 306 g/mol. The smallest absolute Gasteiger partial charge is 0.225 e. The van der Waals surface area contributed by atoms with Crippen molar-refractivity contribution in [1.82, 2.24) is 20.2 Å². The van der Waals surface area contributed by atoms with Gasteiger partial charge in [-0.1, -0.05) is 0 Å². The molecule has 2 saturated heterocycles. The van der Waals surface area contributed by atoms with E-state index in [-0.39, 0.29) is 5.54 Å². The van der Waals surface area contributed by atoms with E-state index in [1.165, 1.54) is 0 Å². The van der Waals surface area contributed by atoms with Crippen LogP contribution in [0.5, 0.6) is 0 Å². The van der Waals surface area contributed by atoms with Crippen LogP contribution in [-0.4, -0.2) is 79.6 Å². The average Bonchev–Trinajstić information content (AvgIpc) is 2.64. The molecule has 2 aliphatic rings. The molecule has 1 aromatic rings. The average molecular weight is 335 g/mol. The lowest BCUT2D eigenvalue weighted by Gasteiger charge is -2.41. The Hall–Kier alpha value is -1.28. The van der Waals surface area contributed by atoms with E-state index in [9.17, 15) is 0 Å². The molecule has 2 aliphatic heterocycles. The van der Waals surface area contributed by atoms with Gasteiger partial charge in [0.15, 0.2) is 0 Å². The van der Waals surface area contributed by atoms with Crippen LogP contribution in [0.1, 0.15) is 19.4 Å². The van der Waals surface area contributed by atoms with Gasteiger partial charge in [0.05, 0.1) is 26.4 Å². The van der Waals surface area contributed by atoms with Crippen molar-refractivity contribution in [2.24, 2.45) is 0 Å². The third-order valence-corrected chi connectivity index (χ3v) is 4.74. The highest BCUT2D eigenvalue weighted by molar-refractivity contribution is 5.30. The first-order valence-electron chi connectivity index (χ1n) is 8.82. The zero-order valence-corrected chi connectivity index (χ0v) is 14.8. The lowest BCUT2D eigenvalue weighted by molar-refractivity contribution is -0.00967.